The second-order valence-electron chi connectivity index (χ2n) is 5.08. The van der Waals surface area contributed by atoms with Crippen molar-refractivity contribution in [3.8, 4) is 5.88 Å². The molecule has 0 radical (unpaired) electrons. The Hall–Kier alpha value is -1.78. The van der Waals surface area contributed by atoms with E-state index in [1.165, 1.54) is 13.2 Å². The molecule has 2 N–H and O–H groups in total. The maximum atomic E-state index is 11.4. The highest BCUT2D eigenvalue weighted by Gasteiger charge is 2.21. The molecule has 104 valence electrons. The van der Waals surface area contributed by atoms with Crippen LogP contribution in [0.4, 0.5) is 5.69 Å². The second-order valence-corrected chi connectivity index (χ2v) is 5.08. The van der Waals surface area contributed by atoms with Crippen molar-refractivity contribution in [2.75, 3.05) is 12.8 Å². The van der Waals surface area contributed by atoms with Gasteiger partial charge in [-0.3, -0.25) is 0 Å². The molecule has 5 heteroatoms. The third-order valence-corrected chi connectivity index (χ3v) is 3.53. The minimum Gasteiger partial charge on any atom is -0.473 e. The summed E-state index contributed by atoms with van der Waals surface area (Å²) in [5.74, 6) is 0.608. The molecule has 1 aliphatic carbocycles. The third kappa shape index (κ3) is 3.36. The van der Waals surface area contributed by atoms with Gasteiger partial charge >= 0.3 is 5.97 Å². The number of esters is 1. The number of ether oxygens (including phenoxy) is 2. The molecule has 0 unspecified atom stereocenters. The Morgan fingerprint density at radius 1 is 1.32 bits per heavy atom. The fourth-order valence-electron chi connectivity index (χ4n) is 2.27. The van der Waals surface area contributed by atoms with Gasteiger partial charge in [0.05, 0.1) is 12.8 Å². The van der Waals surface area contributed by atoms with E-state index in [1.54, 1.807) is 6.07 Å². The predicted octanol–water partition coefficient (Wildman–Crippen LogP) is 2.41. The number of hydrogen-bond donors (Lipinski definition) is 1. The van der Waals surface area contributed by atoms with Gasteiger partial charge in [-0.1, -0.05) is 6.92 Å². The number of nitrogens with two attached hydrogens (primary N) is 1. The summed E-state index contributed by atoms with van der Waals surface area (Å²) in [6.45, 7) is 2.25. The van der Waals surface area contributed by atoms with Crippen molar-refractivity contribution in [3.05, 3.63) is 17.8 Å². The zero-order valence-electron chi connectivity index (χ0n) is 11.4. The molecule has 2 rings (SSSR count). The minimum atomic E-state index is -0.484. The van der Waals surface area contributed by atoms with E-state index in [0.29, 0.717) is 11.6 Å². The Morgan fingerprint density at radius 2 is 2.00 bits per heavy atom. The molecule has 1 heterocycles. The van der Waals surface area contributed by atoms with E-state index in [4.69, 9.17) is 10.5 Å². The van der Waals surface area contributed by atoms with Crippen LogP contribution in [-0.4, -0.2) is 24.2 Å². The molecule has 1 saturated carbocycles. The van der Waals surface area contributed by atoms with Crippen LogP contribution in [0, 0.1) is 5.92 Å². The van der Waals surface area contributed by atoms with Crippen molar-refractivity contribution in [3.63, 3.8) is 0 Å². The monoisotopic (exact) mass is 264 g/mol. The Morgan fingerprint density at radius 3 is 2.63 bits per heavy atom. The number of nitrogens with zero attached hydrogens (tertiary/aromatic N) is 1. The number of anilines is 1. The van der Waals surface area contributed by atoms with Gasteiger partial charge in [0.2, 0.25) is 5.88 Å². The van der Waals surface area contributed by atoms with Crippen molar-refractivity contribution in [1.29, 1.82) is 0 Å². The first-order valence-electron chi connectivity index (χ1n) is 6.61. The molecule has 0 saturated heterocycles. The summed E-state index contributed by atoms with van der Waals surface area (Å²) in [4.78, 5) is 15.6. The summed E-state index contributed by atoms with van der Waals surface area (Å²) >= 11 is 0. The zero-order chi connectivity index (χ0) is 13.8. The number of methoxy groups -OCH3 is 1. The molecule has 0 amide bonds. The van der Waals surface area contributed by atoms with Gasteiger partial charge in [0.15, 0.2) is 5.69 Å². The Labute approximate surface area is 113 Å². The molecule has 19 heavy (non-hydrogen) atoms. The van der Waals surface area contributed by atoms with Crippen LogP contribution in [0.2, 0.25) is 0 Å². The highest BCUT2D eigenvalue weighted by molar-refractivity contribution is 5.87. The standard InChI is InChI=1S/C14H20N2O3/c1-9-3-5-10(6-4-9)19-13-11(15)7-8-12(16-13)14(17)18-2/h7-10H,3-6,15H2,1-2H3. The molecule has 0 bridgehead atoms. The number of carbonyl (C=O) groups is 1. The summed E-state index contributed by atoms with van der Waals surface area (Å²) in [7, 11) is 1.32. The second kappa shape index (κ2) is 5.91. The third-order valence-electron chi connectivity index (χ3n) is 3.53. The summed E-state index contributed by atoms with van der Waals surface area (Å²) in [6, 6.07) is 3.16. The molecule has 0 aliphatic heterocycles. The molecule has 0 spiro atoms. The molecule has 0 aromatic carbocycles. The van der Waals surface area contributed by atoms with Gasteiger partial charge in [-0.2, -0.15) is 0 Å². The Bertz CT molecular complexity index is 454. The van der Waals surface area contributed by atoms with Crippen molar-refractivity contribution in [2.24, 2.45) is 5.92 Å². The lowest BCUT2D eigenvalue weighted by Crippen LogP contribution is -2.24. The van der Waals surface area contributed by atoms with E-state index in [9.17, 15) is 4.79 Å². The van der Waals surface area contributed by atoms with Crippen molar-refractivity contribution in [2.45, 2.75) is 38.7 Å². The first kappa shape index (κ1) is 13.6. The van der Waals surface area contributed by atoms with Crippen LogP contribution in [0.25, 0.3) is 0 Å². The fourth-order valence-corrected chi connectivity index (χ4v) is 2.27. The van der Waals surface area contributed by atoms with Crippen molar-refractivity contribution in [1.82, 2.24) is 4.98 Å². The Balaban J connectivity index is 2.08. The predicted molar refractivity (Wildman–Crippen MR) is 72.0 cm³/mol. The normalized spacial score (nSPS) is 22.8. The van der Waals surface area contributed by atoms with Crippen LogP contribution < -0.4 is 10.5 Å². The molecule has 0 atom stereocenters. The van der Waals surface area contributed by atoms with E-state index < -0.39 is 5.97 Å². The molecule has 1 fully saturated rings. The summed E-state index contributed by atoms with van der Waals surface area (Å²) in [5.41, 5.74) is 6.50. The summed E-state index contributed by atoms with van der Waals surface area (Å²) < 4.78 is 10.5. The highest BCUT2D eigenvalue weighted by atomic mass is 16.5. The molecule has 1 aliphatic rings. The van der Waals surface area contributed by atoms with Crippen LogP contribution >= 0.6 is 0 Å². The SMILES string of the molecule is COC(=O)c1ccc(N)c(OC2CCC(C)CC2)n1. The lowest BCUT2D eigenvalue weighted by atomic mass is 9.89. The Kier molecular flexibility index (Phi) is 4.24. The van der Waals surface area contributed by atoms with E-state index in [2.05, 4.69) is 16.6 Å². The fraction of sp³-hybridized carbons (Fsp3) is 0.571. The van der Waals surface area contributed by atoms with Crippen molar-refractivity contribution < 1.29 is 14.3 Å². The number of rotatable bonds is 3. The summed E-state index contributed by atoms with van der Waals surface area (Å²) in [5, 5.41) is 0. The smallest absolute Gasteiger partial charge is 0.356 e. The van der Waals surface area contributed by atoms with Gasteiger partial charge in [-0.15, -0.1) is 0 Å². The highest BCUT2D eigenvalue weighted by Crippen LogP contribution is 2.28. The first-order chi connectivity index (χ1) is 9.10. The van der Waals surface area contributed by atoms with Crippen LogP contribution in [0.3, 0.4) is 0 Å². The van der Waals surface area contributed by atoms with Gasteiger partial charge in [0, 0.05) is 0 Å². The lowest BCUT2D eigenvalue weighted by Gasteiger charge is -2.26. The largest absolute Gasteiger partial charge is 0.473 e. The topological polar surface area (TPSA) is 74.4 Å². The van der Waals surface area contributed by atoms with Crippen molar-refractivity contribution >= 4 is 11.7 Å². The average molecular weight is 264 g/mol. The van der Waals surface area contributed by atoms with Crippen LogP contribution in [0.15, 0.2) is 12.1 Å². The average Bonchev–Trinajstić information content (AvgIpc) is 2.43. The van der Waals surface area contributed by atoms with E-state index in [-0.39, 0.29) is 11.8 Å². The summed E-state index contributed by atoms with van der Waals surface area (Å²) in [6.07, 6.45) is 4.46. The first-order valence-corrected chi connectivity index (χ1v) is 6.61. The number of nitrogen functional groups attached to an aromatic ring is 1. The quantitative estimate of drug-likeness (QED) is 0.848. The van der Waals surface area contributed by atoms with Crippen LogP contribution in [0.5, 0.6) is 5.88 Å². The molecular formula is C14H20N2O3. The van der Waals surface area contributed by atoms with E-state index in [1.807, 2.05) is 0 Å². The number of pyridine rings is 1. The number of carbonyl (C=O) groups excluding carboxylic acids is 1. The van der Waals surface area contributed by atoms with Crippen LogP contribution in [-0.2, 0) is 4.74 Å². The zero-order valence-corrected chi connectivity index (χ0v) is 11.4. The van der Waals surface area contributed by atoms with Gasteiger partial charge in [0.1, 0.15) is 6.10 Å². The van der Waals surface area contributed by atoms with E-state index in [0.717, 1.165) is 31.6 Å². The minimum absolute atomic E-state index is 0.138. The lowest BCUT2D eigenvalue weighted by molar-refractivity contribution is 0.0591. The van der Waals surface area contributed by atoms with E-state index >= 15 is 0 Å². The molecule has 5 nitrogen and oxygen atoms in total. The number of aromatic nitrogens is 1. The van der Waals surface area contributed by atoms with Gasteiger partial charge in [0.25, 0.3) is 0 Å². The van der Waals surface area contributed by atoms with Crippen LogP contribution in [0.1, 0.15) is 43.1 Å². The van der Waals surface area contributed by atoms with Gasteiger partial charge in [-0.25, -0.2) is 9.78 Å². The van der Waals surface area contributed by atoms with Gasteiger partial charge in [-0.05, 0) is 43.7 Å². The van der Waals surface area contributed by atoms with Gasteiger partial charge < -0.3 is 15.2 Å². The molecule has 1 aromatic heterocycles. The molecule has 1 aromatic rings. The molecular weight excluding hydrogens is 244 g/mol. The number of hydrogen-bond acceptors (Lipinski definition) is 5. The maximum absolute atomic E-state index is 11.4. The maximum Gasteiger partial charge on any atom is 0.356 e.